The van der Waals surface area contributed by atoms with Crippen LogP contribution >= 0.6 is 0 Å². The minimum Gasteiger partial charge on any atom is -0.379 e. The van der Waals surface area contributed by atoms with E-state index in [4.69, 9.17) is 4.74 Å². The third-order valence-corrected chi connectivity index (χ3v) is 6.25. The first-order valence-corrected chi connectivity index (χ1v) is 9.24. The van der Waals surface area contributed by atoms with Gasteiger partial charge in [0.05, 0.1) is 13.2 Å². The Bertz CT molecular complexity index is 765. The smallest absolute Gasteiger partial charge is 0.281 e. The Morgan fingerprint density at radius 3 is 2.57 bits per heavy atom. The van der Waals surface area contributed by atoms with Gasteiger partial charge in [0.25, 0.3) is 10.2 Å². The lowest BCUT2D eigenvalue weighted by Crippen LogP contribution is -2.47. The topological polar surface area (TPSA) is 49.9 Å². The summed E-state index contributed by atoms with van der Waals surface area (Å²) < 4.78 is 33.3. The van der Waals surface area contributed by atoms with Crippen molar-refractivity contribution in [1.29, 1.82) is 0 Å². The van der Waals surface area contributed by atoms with Crippen LogP contribution in [0, 0.1) is 0 Å². The molecule has 0 atom stereocenters. The van der Waals surface area contributed by atoms with Crippen LogP contribution in [0.25, 0.3) is 10.8 Å². The molecule has 1 saturated heterocycles. The van der Waals surface area contributed by atoms with Crippen LogP contribution in [-0.2, 0) is 21.4 Å². The maximum Gasteiger partial charge on any atom is 0.281 e. The fourth-order valence-corrected chi connectivity index (χ4v) is 4.20. The van der Waals surface area contributed by atoms with E-state index in [1.54, 1.807) is 7.05 Å². The molecule has 5 nitrogen and oxygen atoms in total. The quantitative estimate of drug-likeness (QED) is 0.839. The molecule has 0 bridgehead atoms. The monoisotopic (exact) mass is 334 g/mol. The van der Waals surface area contributed by atoms with E-state index in [1.807, 2.05) is 18.2 Å². The number of nitrogens with zero attached hydrogens (tertiary/aromatic N) is 2. The van der Waals surface area contributed by atoms with Crippen LogP contribution in [0.2, 0.25) is 0 Å². The number of benzene rings is 2. The normalized spacial score (nSPS) is 17.0. The molecular weight excluding hydrogens is 312 g/mol. The van der Waals surface area contributed by atoms with Crippen molar-refractivity contribution in [3.63, 3.8) is 0 Å². The van der Waals surface area contributed by atoms with Gasteiger partial charge in [0.2, 0.25) is 0 Å². The Kier molecular flexibility index (Phi) is 4.96. The van der Waals surface area contributed by atoms with Crippen LogP contribution in [-0.4, -0.2) is 56.9 Å². The summed E-state index contributed by atoms with van der Waals surface area (Å²) in [5, 5.41) is 2.37. The predicted octanol–water partition coefficient (Wildman–Crippen LogP) is 1.89. The first kappa shape index (κ1) is 16.4. The maximum atomic E-state index is 12.6. The van der Waals surface area contributed by atoms with Crippen molar-refractivity contribution in [3.8, 4) is 0 Å². The second kappa shape index (κ2) is 6.97. The van der Waals surface area contributed by atoms with Crippen LogP contribution in [0.1, 0.15) is 5.56 Å². The molecule has 0 N–H and O–H groups in total. The predicted molar refractivity (Wildman–Crippen MR) is 91.6 cm³/mol. The number of morpholine rings is 1. The lowest BCUT2D eigenvalue weighted by Gasteiger charge is -2.30. The lowest BCUT2D eigenvalue weighted by atomic mass is 10.0. The summed E-state index contributed by atoms with van der Waals surface area (Å²) in [4.78, 5) is 0. The molecule has 0 aromatic heterocycles. The minimum atomic E-state index is -3.40. The van der Waals surface area contributed by atoms with Crippen molar-refractivity contribution in [1.82, 2.24) is 8.61 Å². The molecular formula is C17H22N2O3S. The molecule has 0 spiro atoms. The molecule has 6 heteroatoms. The van der Waals surface area contributed by atoms with Crippen LogP contribution in [0.15, 0.2) is 42.5 Å². The zero-order valence-electron chi connectivity index (χ0n) is 13.3. The molecule has 2 aromatic carbocycles. The molecule has 1 aliphatic heterocycles. The molecule has 0 radical (unpaired) electrons. The fraction of sp³-hybridized carbons (Fsp3) is 0.412. The second-order valence-corrected chi connectivity index (χ2v) is 7.76. The molecule has 23 heavy (non-hydrogen) atoms. The van der Waals surface area contributed by atoms with E-state index < -0.39 is 10.2 Å². The van der Waals surface area contributed by atoms with Crippen molar-refractivity contribution in [2.45, 2.75) is 6.42 Å². The number of fused-ring (bicyclic) bond motifs is 1. The van der Waals surface area contributed by atoms with Gasteiger partial charge in [-0.2, -0.15) is 17.0 Å². The zero-order valence-corrected chi connectivity index (χ0v) is 14.1. The van der Waals surface area contributed by atoms with E-state index in [2.05, 4.69) is 24.3 Å². The third-order valence-electron chi connectivity index (χ3n) is 4.27. The average molecular weight is 334 g/mol. The van der Waals surface area contributed by atoms with Gasteiger partial charge in [0.15, 0.2) is 0 Å². The third kappa shape index (κ3) is 3.55. The number of hydrogen-bond donors (Lipinski definition) is 0. The van der Waals surface area contributed by atoms with E-state index in [-0.39, 0.29) is 0 Å². The lowest BCUT2D eigenvalue weighted by molar-refractivity contribution is 0.0706. The molecule has 1 heterocycles. The number of hydrogen-bond acceptors (Lipinski definition) is 3. The summed E-state index contributed by atoms with van der Waals surface area (Å²) in [6, 6.07) is 14.4. The Morgan fingerprint density at radius 1 is 1.09 bits per heavy atom. The Labute approximate surface area is 137 Å². The Hall–Kier alpha value is -1.47. The van der Waals surface area contributed by atoms with Gasteiger partial charge in [-0.1, -0.05) is 42.5 Å². The largest absolute Gasteiger partial charge is 0.379 e. The molecule has 124 valence electrons. The van der Waals surface area contributed by atoms with E-state index >= 15 is 0 Å². The van der Waals surface area contributed by atoms with E-state index in [0.29, 0.717) is 39.3 Å². The summed E-state index contributed by atoms with van der Waals surface area (Å²) >= 11 is 0. The highest BCUT2D eigenvalue weighted by Crippen LogP contribution is 2.19. The van der Waals surface area contributed by atoms with Crippen molar-refractivity contribution < 1.29 is 13.2 Å². The van der Waals surface area contributed by atoms with Gasteiger partial charge in [0, 0.05) is 26.7 Å². The number of rotatable bonds is 5. The SMILES string of the molecule is CN(CCc1cccc2ccccc12)S(=O)(=O)N1CCOCC1. The summed E-state index contributed by atoms with van der Waals surface area (Å²) in [5.74, 6) is 0. The van der Waals surface area contributed by atoms with E-state index in [1.165, 1.54) is 24.9 Å². The van der Waals surface area contributed by atoms with E-state index in [9.17, 15) is 8.42 Å². The highest BCUT2D eigenvalue weighted by molar-refractivity contribution is 7.86. The molecule has 0 aliphatic carbocycles. The van der Waals surface area contributed by atoms with Crippen molar-refractivity contribution in [3.05, 3.63) is 48.0 Å². The second-order valence-electron chi connectivity index (χ2n) is 5.73. The van der Waals surface area contributed by atoms with E-state index in [0.717, 1.165) is 0 Å². The van der Waals surface area contributed by atoms with Gasteiger partial charge in [-0.15, -0.1) is 0 Å². The summed E-state index contributed by atoms with van der Waals surface area (Å²) in [6.07, 6.45) is 0.696. The molecule has 0 amide bonds. The molecule has 1 aliphatic rings. The Balaban J connectivity index is 1.71. The standard InChI is InChI=1S/C17H22N2O3S/c1-18(23(20,21)19-11-13-22-14-12-19)10-9-16-7-4-6-15-5-2-3-8-17(15)16/h2-8H,9-14H2,1H3. The number of likely N-dealkylation sites (N-methyl/N-ethyl adjacent to an activating group) is 1. The summed E-state index contributed by atoms with van der Waals surface area (Å²) in [6.45, 7) is 2.27. The number of ether oxygens (including phenoxy) is 1. The van der Waals surface area contributed by atoms with Gasteiger partial charge >= 0.3 is 0 Å². The average Bonchev–Trinajstić information content (AvgIpc) is 2.60. The van der Waals surface area contributed by atoms with Crippen LogP contribution in [0.4, 0.5) is 0 Å². The van der Waals surface area contributed by atoms with Gasteiger partial charge in [-0.3, -0.25) is 0 Å². The summed E-state index contributed by atoms with van der Waals surface area (Å²) in [7, 11) is -1.75. The van der Waals surface area contributed by atoms with Gasteiger partial charge < -0.3 is 4.74 Å². The molecule has 2 aromatic rings. The van der Waals surface area contributed by atoms with Gasteiger partial charge in [-0.25, -0.2) is 0 Å². The Morgan fingerprint density at radius 2 is 1.78 bits per heavy atom. The van der Waals surface area contributed by atoms with Gasteiger partial charge in [0.1, 0.15) is 0 Å². The molecule has 3 rings (SSSR count). The van der Waals surface area contributed by atoms with Crippen molar-refractivity contribution >= 4 is 21.0 Å². The van der Waals surface area contributed by atoms with Crippen molar-refractivity contribution in [2.24, 2.45) is 0 Å². The first-order chi connectivity index (χ1) is 11.1. The molecule has 0 saturated carbocycles. The minimum absolute atomic E-state index is 0.431. The molecule has 1 fully saturated rings. The van der Waals surface area contributed by atoms with Gasteiger partial charge in [-0.05, 0) is 22.8 Å². The van der Waals surface area contributed by atoms with Crippen LogP contribution in [0.3, 0.4) is 0 Å². The van der Waals surface area contributed by atoms with Crippen LogP contribution in [0.5, 0.6) is 0 Å². The molecule has 0 unspecified atom stereocenters. The fourth-order valence-electron chi connectivity index (χ4n) is 2.88. The van der Waals surface area contributed by atoms with Crippen LogP contribution < -0.4 is 0 Å². The highest BCUT2D eigenvalue weighted by atomic mass is 32.2. The zero-order chi connectivity index (χ0) is 16.3. The first-order valence-electron chi connectivity index (χ1n) is 7.85. The van der Waals surface area contributed by atoms with Crippen molar-refractivity contribution in [2.75, 3.05) is 39.9 Å². The highest BCUT2D eigenvalue weighted by Gasteiger charge is 2.28. The maximum absolute atomic E-state index is 12.6. The summed E-state index contributed by atoms with van der Waals surface area (Å²) in [5.41, 5.74) is 1.17.